The lowest BCUT2D eigenvalue weighted by molar-refractivity contribution is -0.119. The molecule has 3 aromatic carbocycles. The second-order valence-electron chi connectivity index (χ2n) is 8.28. The van der Waals surface area contributed by atoms with Gasteiger partial charge < -0.3 is 14.6 Å². The first-order chi connectivity index (χ1) is 17.3. The molecule has 0 spiro atoms. The zero-order valence-electron chi connectivity index (χ0n) is 20.4. The van der Waals surface area contributed by atoms with Gasteiger partial charge >= 0.3 is 0 Å². The molecule has 1 heterocycles. The van der Waals surface area contributed by atoms with E-state index in [2.05, 4.69) is 10.3 Å². The molecular weight excluding hydrogens is 476 g/mol. The van der Waals surface area contributed by atoms with Crippen molar-refractivity contribution >= 4 is 21.6 Å². The summed E-state index contributed by atoms with van der Waals surface area (Å²) in [6, 6.07) is 21.0. The number of para-hydroxylation sites is 2. The molecule has 1 amide bonds. The van der Waals surface area contributed by atoms with E-state index in [9.17, 15) is 13.2 Å². The van der Waals surface area contributed by atoms with Gasteiger partial charge in [0.05, 0.1) is 17.7 Å². The van der Waals surface area contributed by atoms with Crippen LogP contribution in [0, 0.1) is 13.8 Å². The average Bonchev–Trinajstić information content (AvgIpc) is 3.32. The summed E-state index contributed by atoms with van der Waals surface area (Å²) in [6.07, 6.45) is 3.62. The maximum Gasteiger partial charge on any atom is 0.264 e. The number of benzene rings is 3. The van der Waals surface area contributed by atoms with E-state index in [0.717, 1.165) is 26.9 Å². The van der Waals surface area contributed by atoms with E-state index in [0.29, 0.717) is 5.75 Å². The molecule has 0 bridgehead atoms. The molecule has 186 valence electrons. The van der Waals surface area contributed by atoms with Crippen LogP contribution >= 0.6 is 0 Å². The van der Waals surface area contributed by atoms with Crippen molar-refractivity contribution in [3.05, 3.63) is 102 Å². The van der Waals surface area contributed by atoms with Crippen LogP contribution in [0.25, 0.3) is 5.69 Å². The van der Waals surface area contributed by atoms with Crippen LogP contribution in [0.2, 0.25) is 0 Å². The van der Waals surface area contributed by atoms with E-state index in [1.165, 1.54) is 19.2 Å². The van der Waals surface area contributed by atoms with Crippen molar-refractivity contribution in [2.75, 3.05) is 18.0 Å². The number of carbonyl (C=O) groups excluding carboxylic acids is 1. The van der Waals surface area contributed by atoms with Crippen molar-refractivity contribution in [1.29, 1.82) is 0 Å². The minimum absolute atomic E-state index is 0.0946. The number of hydrogen-bond donors (Lipinski definition) is 1. The molecule has 1 N–H and O–H groups in total. The van der Waals surface area contributed by atoms with Gasteiger partial charge in [-0.15, -0.1) is 0 Å². The quantitative estimate of drug-likeness (QED) is 0.372. The van der Waals surface area contributed by atoms with Crippen molar-refractivity contribution in [3.63, 3.8) is 0 Å². The fourth-order valence-corrected chi connectivity index (χ4v) is 5.22. The first-order valence-electron chi connectivity index (χ1n) is 11.4. The number of aromatic nitrogens is 2. The molecule has 4 aromatic rings. The summed E-state index contributed by atoms with van der Waals surface area (Å²) in [5.41, 5.74) is 3.07. The molecule has 0 radical (unpaired) electrons. The number of rotatable bonds is 9. The number of anilines is 1. The summed E-state index contributed by atoms with van der Waals surface area (Å²) in [4.78, 5) is 17.3. The number of hydrogen-bond acceptors (Lipinski definition) is 5. The van der Waals surface area contributed by atoms with Crippen molar-refractivity contribution in [3.8, 4) is 11.4 Å². The first kappa shape index (κ1) is 25.0. The van der Waals surface area contributed by atoms with Gasteiger partial charge in [0.25, 0.3) is 10.0 Å². The third-order valence-corrected chi connectivity index (χ3v) is 7.55. The molecule has 4 rings (SSSR count). The van der Waals surface area contributed by atoms with Gasteiger partial charge in [0.15, 0.2) is 0 Å². The Morgan fingerprint density at radius 3 is 2.33 bits per heavy atom. The van der Waals surface area contributed by atoms with Crippen molar-refractivity contribution < 1.29 is 17.9 Å². The monoisotopic (exact) mass is 504 g/mol. The molecule has 36 heavy (non-hydrogen) atoms. The maximum absolute atomic E-state index is 13.6. The van der Waals surface area contributed by atoms with Crippen LogP contribution in [0.1, 0.15) is 17.0 Å². The Balaban J connectivity index is 1.53. The summed E-state index contributed by atoms with van der Waals surface area (Å²) in [7, 11) is -2.57. The molecule has 1 aromatic heterocycles. The van der Waals surface area contributed by atoms with Gasteiger partial charge in [-0.3, -0.25) is 9.10 Å². The van der Waals surface area contributed by atoms with E-state index in [-0.39, 0.29) is 17.1 Å². The molecule has 0 saturated carbocycles. The normalized spacial score (nSPS) is 11.2. The smallest absolute Gasteiger partial charge is 0.264 e. The number of imidazole rings is 1. The van der Waals surface area contributed by atoms with Gasteiger partial charge in [-0.1, -0.05) is 42.0 Å². The molecule has 0 fully saturated rings. The SMILES string of the molecule is COc1ccccc1N(CC(=O)NCc1ccc(-n2ccnc2C)cc1)S(=O)(=O)c1ccc(C)cc1. The van der Waals surface area contributed by atoms with Crippen LogP contribution in [0.4, 0.5) is 5.69 Å². The molecule has 0 atom stereocenters. The minimum Gasteiger partial charge on any atom is -0.495 e. The standard InChI is InChI=1S/C27H28N4O4S/c1-20-8-14-24(15-9-20)36(33,34)31(25-6-4-5-7-26(25)35-3)19-27(32)29-18-22-10-12-23(13-11-22)30-17-16-28-21(30)2/h4-17H,18-19H2,1-3H3,(H,29,32). The van der Waals surface area contributed by atoms with Crippen LogP contribution in [0.5, 0.6) is 5.75 Å². The second kappa shape index (κ2) is 10.7. The summed E-state index contributed by atoms with van der Waals surface area (Å²) in [5, 5.41) is 2.83. The molecule has 0 aliphatic carbocycles. The molecule has 0 aliphatic rings. The Bertz CT molecular complexity index is 1450. The number of methoxy groups -OCH3 is 1. The Kier molecular flexibility index (Phi) is 7.40. The minimum atomic E-state index is -4.03. The highest BCUT2D eigenvalue weighted by molar-refractivity contribution is 7.92. The van der Waals surface area contributed by atoms with Gasteiger partial charge in [-0.25, -0.2) is 13.4 Å². The molecule has 8 nitrogen and oxygen atoms in total. The maximum atomic E-state index is 13.6. The predicted octanol–water partition coefficient (Wildman–Crippen LogP) is 4.01. The van der Waals surface area contributed by atoms with Crippen LogP contribution in [-0.2, 0) is 21.4 Å². The number of amides is 1. The second-order valence-corrected chi connectivity index (χ2v) is 10.1. The third kappa shape index (κ3) is 5.41. The van der Waals surface area contributed by atoms with Gasteiger partial charge in [0.1, 0.15) is 18.1 Å². The Morgan fingerprint density at radius 2 is 1.69 bits per heavy atom. The Labute approximate surface area is 211 Å². The molecule has 0 saturated heterocycles. The summed E-state index contributed by atoms with van der Waals surface area (Å²) in [5.74, 6) is 0.791. The van der Waals surface area contributed by atoms with Crippen molar-refractivity contribution in [2.24, 2.45) is 0 Å². The number of nitrogens with one attached hydrogen (secondary N) is 1. The van der Waals surface area contributed by atoms with Crippen LogP contribution in [-0.4, -0.2) is 37.5 Å². The Hall–Kier alpha value is -4.11. The van der Waals surface area contributed by atoms with E-state index < -0.39 is 22.5 Å². The highest BCUT2D eigenvalue weighted by Gasteiger charge is 2.29. The number of ether oxygens (including phenoxy) is 1. The number of nitrogens with zero attached hydrogens (tertiary/aromatic N) is 3. The van der Waals surface area contributed by atoms with Crippen LogP contribution < -0.4 is 14.4 Å². The fourth-order valence-electron chi connectivity index (χ4n) is 3.79. The summed E-state index contributed by atoms with van der Waals surface area (Å²) in [6.45, 7) is 3.66. The van der Waals surface area contributed by atoms with Gasteiger partial charge in [-0.05, 0) is 55.8 Å². The lowest BCUT2D eigenvalue weighted by Gasteiger charge is -2.25. The van der Waals surface area contributed by atoms with Gasteiger partial charge in [-0.2, -0.15) is 0 Å². The zero-order chi connectivity index (χ0) is 25.7. The molecule has 9 heteroatoms. The van der Waals surface area contributed by atoms with Gasteiger partial charge in [0, 0.05) is 24.6 Å². The lowest BCUT2D eigenvalue weighted by Crippen LogP contribution is -2.40. The summed E-state index contributed by atoms with van der Waals surface area (Å²) >= 11 is 0. The van der Waals surface area contributed by atoms with Crippen LogP contribution in [0.15, 0.2) is 90.1 Å². The van der Waals surface area contributed by atoms with Crippen LogP contribution in [0.3, 0.4) is 0 Å². The van der Waals surface area contributed by atoms with E-state index in [1.54, 1.807) is 42.6 Å². The number of sulfonamides is 1. The topological polar surface area (TPSA) is 93.5 Å². The zero-order valence-corrected chi connectivity index (χ0v) is 21.2. The highest BCUT2D eigenvalue weighted by Crippen LogP contribution is 2.32. The highest BCUT2D eigenvalue weighted by atomic mass is 32.2. The first-order valence-corrected chi connectivity index (χ1v) is 12.8. The van der Waals surface area contributed by atoms with Crippen molar-refractivity contribution in [2.45, 2.75) is 25.3 Å². The third-order valence-electron chi connectivity index (χ3n) is 5.78. The number of carbonyl (C=O) groups is 1. The van der Waals surface area contributed by atoms with E-state index in [1.807, 2.05) is 48.9 Å². The molecule has 0 unspecified atom stereocenters. The molecule has 0 aliphatic heterocycles. The van der Waals surface area contributed by atoms with Crippen molar-refractivity contribution in [1.82, 2.24) is 14.9 Å². The fraction of sp³-hybridized carbons (Fsp3) is 0.185. The van der Waals surface area contributed by atoms with E-state index >= 15 is 0 Å². The lowest BCUT2D eigenvalue weighted by atomic mass is 10.2. The molecular formula is C27H28N4O4S. The van der Waals surface area contributed by atoms with Gasteiger partial charge in [0.2, 0.25) is 5.91 Å². The Morgan fingerprint density at radius 1 is 1.00 bits per heavy atom. The predicted molar refractivity (Wildman–Crippen MR) is 139 cm³/mol. The largest absolute Gasteiger partial charge is 0.495 e. The van der Waals surface area contributed by atoms with E-state index in [4.69, 9.17) is 4.74 Å². The summed E-state index contributed by atoms with van der Waals surface area (Å²) < 4.78 is 35.6. The number of aryl methyl sites for hydroxylation is 2. The average molecular weight is 505 g/mol.